The fourth-order valence-corrected chi connectivity index (χ4v) is 1.57. The Bertz CT molecular complexity index is 455. The van der Waals surface area contributed by atoms with E-state index in [4.69, 9.17) is 4.42 Å². The third-order valence-corrected chi connectivity index (χ3v) is 2.71. The van der Waals surface area contributed by atoms with Crippen LogP contribution in [0.4, 0.5) is 10.1 Å². The van der Waals surface area contributed by atoms with E-state index < -0.39 is 0 Å². The van der Waals surface area contributed by atoms with Crippen LogP contribution in [0.2, 0.25) is 0 Å². The highest BCUT2D eigenvalue weighted by molar-refractivity contribution is 9.10. The molecule has 0 aliphatic heterocycles. The van der Waals surface area contributed by atoms with Gasteiger partial charge in [0.2, 0.25) is 0 Å². The SMILES string of the molecule is Fc1ccccc1NCc1occc1Br. The van der Waals surface area contributed by atoms with E-state index in [1.807, 2.05) is 0 Å². The summed E-state index contributed by atoms with van der Waals surface area (Å²) < 4.78 is 19.3. The summed E-state index contributed by atoms with van der Waals surface area (Å²) in [6.45, 7) is 0.453. The average molecular weight is 270 g/mol. The van der Waals surface area contributed by atoms with Crippen LogP contribution in [0.25, 0.3) is 0 Å². The molecule has 0 spiro atoms. The highest BCUT2D eigenvalue weighted by atomic mass is 79.9. The third-order valence-electron chi connectivity index (χ3n) is 2.00. The molecule has 1 heterocycles. The lowest BCUT2D eigenvalue weighted by molar-refractivity contribution is 0.515. The Labute approximate surface area is 95.2 Å². The summed E-state index contributed by atoms with van der Waals surface area (Å²) in [5, 5.41) is 2.96. The molecule has 0 fully saturated rings. The molecule has 0 aliphatic rings. The number of hydrogen-bond donors (Lipinski definition) is 1. The van der Waals surface area contributed by atoms with Gasteiger partial charge in [0, 0.05) is 0 Å². The van der Waals surface area contributed by atoms with Crippen molar-refractivity contribution in [2.45, 2.75) is 6.54 Å². The molecule has 1 aromatic carbocycles. The molecule has 0 bridgehead atoms. The van der Waals surface area contributed by atoms with Gasteiger partial charge in [0.1, 0.15) is 11.6 Å². The van der Waals surface area contributed by atoms with Crippen molar-refractivity contribution in [3.05, 3.63) is 52.6 Å². The van der Waals surface area contributed by atoms with E-state index in [-0.39, 0.29) is 5.82 Å². The maximum atomic E-state index is 13.2. The van der Waals surface area contributed by atoms with Crippen molar-refractivity contribution in [1.82, 2.24) is 0 Å². The Balaban J connectivity index is 2.06. The lowest BCUT2D eigenvalue weighted by Gasteiger charge is -2.05. The minimum atomic E-state index is -0.264. The topological polar surface area (TPSA) is 25.2 Å². The molecule has 0 atom stereocenters. The standard InChI is InChI=1S/C11H9BrFNO/c12-8-5-6-15-11(8)7-14-10-4-2-1-3-9(10)13/h1-6,14H,7H2. The van der Waals surface area contributed by atoms with Gasteiger partial charge in [-0.3, -0.25) is 0 Å². The van der Waals surface area contributed by atoms with Gasteiger partial charge in [0.15, 0.2) is 0 Å². The van der Waals surface area contributed by atoms with Crippen molar-refractivity contribution < 1.29 is 8.81 Å². The molecule has 1 N–H and O–H groups in total. The van der Waals surface area contributed by atoms with Crippen molar-refractivity contribution in [2.24, 2.45) is 0 Å². The molecule has 4 heteroatoms. The predicted octanol–water partition coefficient (Wildman–Crippen LogP) is 3.79. The molecular weight excluding hydrogens is 261 g/mol. The second-order valence-corrected chi connectivity index (χ2v) is 3.88. The largest absolute Gasteiger partial charge is 0.466 e. The Morgan fingerprint density at radius 1 is 1.27 bits per heavy atom. The number of furan rings is 1. The smallest absolute Gasteiger partial charge is 0.146 e. The van der Waals surface area contributed by atoms with Gasteiger partial charge in [-0.15, -0.1) is 0 Å². The fraction of sp³-hybridized carbons (Fsp3) is 0.0909. The number of benzene rings is 1. The van der Waals surface area contributed by atoms with E-state index in [1.54, 1.807) is 30.5 Å². The third kappa shape index (κ3) is 2.39. The Morgan fingerprint density at radius 3 is 2.73 bits per heavy atom. The maximum Gasteiger partial charge on any atom is 0.146 e. The molecular formula is C11H9BrFNO. The summed E-state index contributed by atoms with van der Waals surface area (Å²) in [6.07, 6.45) is 1.59. The van der Waals surface area contributed by atoms with Gasteiger partial charge >= 0.3 is 0 Å². The van der Waals surface area contributed by atoms with Crippen molar-refractivity contribution in [2.75, 3.05) is 5.32 Å². The molecule has 15 heavy (non-hydrogen) atoms. The monoisotopic (exact) mass is 269 g/mol. The second-order valence-electron chi connectivity index (χ2n) is 3.03. The van der Waals surface area contributed by atoms with Crippen LogP contribution in [0.3, 0.4) is 0 Å². The number of rotatable bonds is 3. The summed E-state index contributed by atoms with van der Waals surface area (Å²) >= 11 is 3.33. The number of para-hydroxylation sites is 1. The van der Waals surface area contributed by atoms with Gasteiger partial charge in [-0.25, -0.2) is 4.39 Å². The lowest BCUT2D eigenvalue weighted by Crippen LogP contribution is -2.00. The summed E-state index contributed by atoms with van der Waals surface area (Å²) in [4.78, 5) is 0. The molecule has 2 nitrogen and oxygen atoms in total. The Kier molecular flexibility index (Phi) is 3.06. The zero-order chi connectivity index (χ0) is 10.7. The van der Waals surface area contributed by atoms with Crippen LogP contribution in [-0.2, 0) is 6.54 Å². The molecule has 0 saturated carbocycles. The molecule has 2 aromatic rings. The average Bonchev–Trinajstić information content (AvgIpc) is 2.63. The second kappa shape index (κ2) is 4.49. The first-order valence-corrected chi connectivity index (χ1v) is 5.27. The molecule has 1 aromatic heterocycles. The quantitative estimate of drug-likeness (QED) is 0.917. The van der Waals surface area contributed by atoms with E-state index in [0.29, 0.717) is 12.2 Å². The Hall–Kier alpha value is -1.29. The van der Waals surface area contributed by atoms with Crippen LogP contribution in [0, 0.1) is 5.82 Å². The van der Waals surface area contributed by atoms with Gasteiger partial charge in [-0.1, -0.05) is 12.1 Å². The highest BCUT2D eigenvalue weighted by Crippen LogP contribution is 2.20. The van der Waals surface area contributed by atoms with E-state index in [2.05, 4.69) is 21.2 Å². The van der Waals surface area contributed by atoms with Crippen LogP contribution < -0.4 is 5.32 Å². The summed E-state index contributed by atoms with van der Waals surface area (Å²) in [5.74, 6) is 0.485. The summed E-state index contributed by atoms with van der Waals surface area (Å²) in [6, 6.07) is 8.34. The predicted molar refractivity (Wildman–Crippen MR) is 60.1 cm³/mol. The minimum absolute atomic E-state index is 0.264. The van der Waals surface area contributed by atoms with Crippen molar-refractivity contribution >= 4 is 21.6 Å². The van der Waals surface area contributed by atoms with Crippen LogP contribution in [0.15, 0.2) is 45.5 Å². The highest BCUT2D eigenvalue weighted by Gasteiger charge is 2.04. The van der Waals surface area contributed by atoms with Crippen molar-refractivity contribution in [3.63, 3.8) is 0 Å². The van der Waals surface area contributed by atoms with Gasteiger partial charge in [-0.2, -0.15) is 0 Å². The van der Waals surface area contributed by atoms with Crippen molar-refractivity contribution in [1.29, 1.82) is 0 Å². The molecule has 78 valence electrons. The van der Waals surface area contributed by atoms with E-state index in [0.717, 1.165) is 10.2 Å². The van der Waals surface area contributed by atoms with E-state index in [1.165, 1.54) is 6.07 Å². The minimum Gasteiger partial charge on any atom is -0.466 e. The zero-order valence-electron chi connectivity index (χ0n) is 7.84. The summed E-state index contributed by atoms with van der Waals surface area (Å²) in [7, 11) is 0. The van der Waals surface area contributed by atoms with Gasteiger partial charge in [0.05, 0.1) is 23.0 Å². The van der Waals surface area contributed by atoms with Gasteiger partial charge in [-0.05, 0) is 34.1 Å². The summed E-state index contributed by atoms with van der Waals surface area (Å²) in [5.41, 5.74) is 0.473. The molecule has 0 aliphatic carbocycles. The van der Waals surface area contributed by atoms with Crippen LogP contribution in [-0.4, -0.2) is 0 Å². The molecule has 0 radical (unpaired) electrons. The first kappa shape index (κ1) is 10.2. The van der Waals surface area contributed by atoms with E-state index in [9.17, 15) is 4.39 Å². The maximum absolute atomic E-state index is 13.2. The number of halogens is 2. The van der Waals surface area contributed by atoms with Gasteiger partial charge in [0.25, 0.3) is 0 Å². The van der Waals surface area contributed by atoms with Crippen LogP contribution >= 0.6 is 15.9 Å². The molecule has 0 amide bonds. The first-order chi connectivity index (χ1) is 7.27. The fourth-order valence-electron chi connectivity index (χ4n) is 1.23. The number of hydrogen-bond acceptors (Lipinski definition) is 2. The molecule has 2 rings (SSSR count). The first-order valence-electron chi connectivity index (χ1n) is 4.47. The van der Waals surface area contributed by atoms with E-state index >= 15 is 0 Å². The normalized spacial score (nSPS) is 10.3. The number of anilines is 1. The molecule has 0 unspecified atom stereocenters. The zero-order valence-corrected chi connectivity index (χ0v) is 9.42. The van der Waals surface area contributed by atoms with Crippen LogP contribution in [0.5, 0.6) is 0 Å². The van der Waals surface area contributed by atoms with Gasteiger partial charge < -0.3 is 9.73 Å². The van der Waals surface area contributed by atoms with Crippen LogP contribution in [0.1, 0.15) is 5.76 Å². The van der Waals surface area contributed by atoms with Crippen molar-refractivity contribution in [3.8, 4) is 0 Å². The lowest BCUT2D eigenvalue weighted by atomic mass is 10.3. The number of nitrogens with one attached hydrogen (secondary N) is 1. The Morgan fingerprint density at radius 2 is 2.07 bits per heavy atom. The molecule has 0 saturated heterocycles.